The van der Waals surface area contributed by atoms with Gasteiger partial charge in [-0.05, 0) is 12.1 Å². The minimum atomic E-state index is -4.60. The number of carbonyl (C=O) groups is 1. The van der Waals surface area contributed by atoms with Crippen molar-refractivity contribution in [2.45, 2.75) is 17.9 Å². The van der Waals surface area contributed by atoms with Gasteiger partial charge in [-0.25, -0.2) is 14.2 Å². The Morgan fingerprint density at radius 1 is 1.43 bits per heavy atom. The van der Waals surface area contributed by atoms with Gasteiger partial charge in [0.25, 0.3) is 0 Å². The lowest BCUT2D eigenvalue weighted by Crippen LogP contribution is -2.34. The van der Waals surface area contributed by atoms with Crippen molar-refractivity contribution in [3.63, 3.8) is 0 Å². The van der Waals surface area contributed by atoms with Crippen LogP contribution in [0.25, 0.3) is 6.08 Å². The van der Waals surface area contributed by atoms with Crippen LogP contribution >= 0.6 is 11.6 Å². The highest BCUT2D eigenvalue weighted by molar-refractivity contribution is 6.30. The van der Waals surface area contributed by atoms with Gasteiger partial charge < -0.3 is 4.74 Å². The number of alkyl halides is 4. The predicted octanol–water partition coefficient (Wildman–Crippen LogP) is 3.16. The van der Waals surface area contributed by atoms with E-state index in [1.165, 1.54) is 12.2 Å². The Hall–Kier alpha value is -1.41. The van der Waals surface area contributed by atoms with E-state index >= 15 is 0 Å². The van der Waals surface area contributed by atoms with Crippen molar-refractivity contribution < 1.29 is 27.1 Å². The van der Waals surface area contributed by atoms with Crippen molar-refractivity contribution in [2.24, 2.45) is 0 Å². The summed E-state index contributed by atoms with van der Waals surface area (Å²) >= 11 is 5.62. The van der Waals surface area contributed by atoms with E-state index in [0.717, 1.165) is 19.2 Å². The molecular weight excluding hydrogens is 330 g/mol. The quantitative estimate of drug-likeness (QED) is 0.366. The summed E-state index contributed by atoms with van der Waals surface area (Å²) in [6.07, 6.45) is -2.51. The zero-order valence-electron chi connectivity index (χ0n) is 10.7. The summed E-state index contributed by atoms with van der Waals surface area (Å²) in [5, 5.41) is -2.80. The molecule has 3 nitrogen and oxygen atoms in total. The lowest BCUT2D eigenvalue weighted by atomic mass is 10.2. The fourth-order valence-electron chi connectivity index (χ4n) is 1.32. The van der Waals surface area contributed by atoms with Gasteiger partial charge in [0.05, 0.1) is 17.4 Å². The molecule has 0 saturated heterocycles. The number of halogens is 5. The molecule has 21 heavy (non-hydrogen) atoms. The standard InChI is InChI=1S/C12H9ClF4NO2Si/c1-20-10(19)11(14,21)6-2-3-7-4-5-8(12(15,16)17)18-9(7)13/h2-5H,6H2,1H3/b3-2+/t11-/m0/s1. The van der Waals surface area contributed by atoms with E-state index in [9.17, 15) is 22.4 Å². The van der Waals surface area contributed by atoms with E-state index in [1.54, 1.807) is 0 Å². The second-order valence-corrected chi connectivity index (χ2v) is 5.12. The van der Waals surface area contributed by atoms with Crippen LogP contribution in [0.3, 0.4) is 0 Å². The van der Waals surface area contributed by atoms with Crippen molar-refractivity contribution in [2.75, 3.05) is 7.11 Å². The molecule has 0 N–H and O–H groups in total. The number of hydrogen-bond donors (Lipinski definition) is 0. The molecule has 0 spiro atoms. The highest BCUT2D eigenvalue weighted by Gasteiger charge is 2.33. The number of esters is 1. The zero-order valence-corrected chi connectivity index (χ0v) is 12.4. The van der Waals surface area contributed by atoms with Crippen molar-refractivity contribution >= 4 is 33.9 Å². The van der Waals surface area contributed by atoms with Crippen LogP contribution < -0.4 is 0 Å². The molecule has 3 radical (unpaired) electrons. The van der Waals surface area contributed by atoms with E-state index in [0.29, 0.717) is 0 Å². The number of hydrogen-bond acceptors (Lipinski definition) is 3. The van der Waals surface area contributed by atoms with Crippen LogP contribution in [0.15, 0.2) is 18.2 Å². The van der Waals surface area contributed by atoms with Gasteiger partial charge in [0.15, 0.2) is 5.29 Å². The normalized spacial score (nSPS) is 15.0. The summed E-state index contributed by atoms with van der Waals surface area (Å²) in [7, 11) is 3.63. The second-order valence-electron chi connectivity index (χ2n) is 3.97. The summed E-state index contributed by atoms with van der Waals surface area (Å²) in [6.45, 7) is 0. The molecule has 0 bridgehead atoms. The molecule has 0 aliphatic carbocycles. The van der Waals surface area contributed by atoms with Crippen LogP contribution in [0.2, 0.25) is 5.15 Å². The Bertz CT molecular complexity index is 561. The molecule has 1 rings (SSSR count). The molecule has 1 heterocycles. The third-order valence-electron chi connectivity index (χ3n) is 2.37. The van der Waals surface area contributed by atoms with E-state index < -0.39 is 29.6 Å². The Morgan fingerprint density at radius 3 is 2.52 bits per heavy atom. The Labute approximate surface area is 126 Å². The topological polar surface area (TPSA) is 39.2 Å². The van der Waals surface area contributed by atoms with E-state index in [-0.39, 0.29) is 10.7 Å². The Kier molecular flexibility index (Phi) is 5.52. The third-order valence-corrected chi connectivity index (χ3v) is 3.08. The smallest absolute Gasteiger partial charge is 0.433 e. The van der Waals surface area contributed by atoms with Gasteiger partial charge in [-0.3, -0.25) is 0 Å². The number of methoxy groups -OCH3 is 1. The van der Waals surface area contributed by atoms with Gasteiger partial charge in [-0.1, -0.05) is 23.8 Å². The average Bonchev–Trinajstić information content (AvgIpc) is 2.38. The SMILES string of the molecule is COC(=O)[C@@](F)([Si])C/C=C/c1ccc(C(F)(F)F)nc1Cl. The first-order valence-electron chi connectivity index (χ1n) is 5.50. The minimum Gasteiger partial charge on any atom is -0.467 e. The minimum absolute atomic E-state index is 0.164. The monoisotopic (exact) mass is 338 g/mol. The second kappa shape index (κ2) is 6.57. The highest BCUT2D eigenvalue weighted by atomic mass is 35.5. The third kappa shape index (κ3) is 4.82. The average molecular weight is 339 g/mol. The number of ether oxygens (including phenoxy) is 1. The van der Waals surface area contributed by atoms with Gasteiger partial charge in [0.2, 0.25) is 0 Å². The van der Waals surface area contributed by atoms with Gasteiger partial charge in [-0.2, -0.15) is 13.2 Å². The molecule has 113 valence electrons. The fraction of sp³-hybridized carbons (Fsp3) is 0.333. The molecule has 1 aromatic rings. The first kappa shape index (κ1) is 17.6. The summed E-state index contributed by atoms with van der Waals surface area (Å²) in [4.78, 5) is 14.3. The number of aromatic nitrogens is 1. The van der Waals surface area contributed by atoms with Gasteiger partial charge in [0.1, 0.15) is 10.8 Å². The molecule has 0 amide bonds. The largest absolute Gasteiger partial charge is 0.467 e. The van der Waals surface area contributed by atoms with Crippen LogP contribution in [0.1, 0.15) is 17.7 Å². The van der Waals surface area contributed by atoms with E-state index in [4.69, 9.17) is 11.6 Å². The first-order chi connectivity index (χ1) is 9.58. The zero-order chi connectivity index (χ0) is 16.3. The summed E-state index contributed by atoms with van der Waals surface area (Å²) < 4.78 is 55.1. The Morgan fingerprint density at radius 2 is 2.05 bits per heavy atom. The lowest BCUT2D eigenvalue weighted by molar-refractivity contribution is -0.149. The number of nitrogens with zero attached hydrogens (tertiary/aromatic N) is 1. The molecule has 0 aliphatic heterocycles. The molecule has 0 aliphatic rings. The lowest BCUT2D eigenvalue weighted by Gasteiger charge is -2.14. The molecule has 1 atom stereocenters. The van der Waals surface area contributed by atoms with Crippen molar-refractivity contribution in [1.29, 1.82) is 0 Å². The maximum absolute atomic E-state index is 13.7. The van der Waals surface area contributed by atoms with E-state index in [2.05, 4.69) is 20.0 Å². The maximum Gasteiger partial charge on any atom is 0.433 e. The van der Waals surface area contributed by atoms with Gasteiger partial charge >= 0.3 is 12.1 Å². The van der Waals surface area contributed by atoms with Crippen LogP contribution in [0, 0.1) is 0 Å². The molecule has 0 unspecified atom stereocenters. The Balaban J connectivity index is 2.85. The van der Waals surface area contributed by atoms with Crippen LogP contribution in [-0.2, 0) is 15.7 Å². The molecular formula is C12H9ClF4NO2Si. The van der Waals surface area contributed by atoms with Crippen molar-refractivity contribution in [3.8, 4) is 0 Å². The molecule has 0 saturated carbocycles. The molecule has 1 aromatic heterocycles. The van der Waals surface area contributed by atoms with Gasteiger partial charge in [-0.15, -0.1) is 0 Å². The number of allylic oxidation sites excluding steroid dienone is 1. The number of carbonyl (C=O) groups excluding carboxylic acids is 1. The summed E-state index contributed by atoms with van der Waals surface area (Å²) in [5.74, 6) is -1.12. The molecule has 0 aromatic carbocycles. The molecule has 9 heteroatoms. The van der Waals surface area contributed by atoms with E-state index in [1.807, 2.05) is 0 Å². The van der Waals surface area contributed by atoms with Crippen LogP contribution in [-0.4, -0.2) is 33.6 Å². The summed E-state index contributed by atoms with van der Waals surface area (Å²) in [5.41, 5.74) is -0.962. The predicted molar refractivity (Wildman–Crippen MR) is 69.5 cm³/mol. The summed E-state index contributed by atoms with van der Waals surface area (Å²) in [6, 6.07) is 1.85. The maximum atomic E-state index is 13.7. The van der Waals surface area contributed by atoms with Gasteiger partial charge in [0, 0.05) is 12.0 Å². The fourth-order valence-corrected chi connectivity index (χ4v) is 1.76. The molecule has 0 fully saturated rings. The highest BCUT2D eigenvalue weighted by Crippen LogP contribution is 2.29. The number of pyridine rings is 1. The first-order valence-corrected chi connectivity index (χ1v) is 6.38. The number of rotatable bonds is 4. The van der Waals surface area contributed by atoms with Crippen molar-refractivity contribution in [3.05, 3.63) is 34.6 Å². The van der Waals surface area contributed by atoms with Crippen LogP contribution in [0.4, 0.5) is 17.6 Å². The van der Waals surface area contributed by atoms with Crippen molar-refractivity contribution in [1.82, 2.24) is 4.98 Å². The van der Waals surface area contributed by atoms with Crippen LogP contribution in [0.5, 0.6) is 0 Å².